The van der Waals surface area contributed by atoms with Crippen molar-refractivity contribution in [3.63, 3.8) is 0 Å². The molecule has 1 heterocycles. The molecule has 0 atom stereocenters. The van der Waals surface area contributed by atoms with Crippen LogP contribution in [0, 0.1) is 13.8 Å². The van der Waals surface area contributed by atoms with Gasteiger partial charge < -0.3 is 15.8 Å². The summed E-state index contributed by atoms with van der Waals surface area (Å²) in [4.78, 5) is 15.4. The van der Waals surface area contributed by atoms with Gasteiger partial charge in [-0.3, -0.25) is 5.32 Å². The molecule has 0 fully saturated rings. The van der Waals surface area contributed by atoms with Gasteiger partial charge in [0.15, 0.2) is 0 Å². The normalized spacial score (nSPS) is 10.1. The highest BCUT2D eigenvalue weighted by Crippen LogP contribution is 2.26. The number of carbonyl (C=O) groups is 1. The molecule has 0 saturated heterocycles. The molecule has 116 valence electrons. The molecule has 4 N–H and O–H groups in total. The summed E-state index contributed by atoms with van der Waals surface area (Å²) < 4.78 is 5.83. The third-order valence-electron chi connectivity index (χ3n) is 3.47. The van der Waals surface area contributed by atoms with Gasteiger partial charge in [-0.25, -0.2) is 9.78 Å². The number of pyridine rings is 1. The summed E-state index contributed by atoms with van der Waals surface area (Å²) in [5.74, 6) is 1.27. The molecule has 0 unspecified atom stereocenters. The van der Waals surface area contributed by atoms with E-state index in [0.29, 0.717) is 12.4 Å². The third-order valence-corrected chi connectivity index (χ3v) is 3.47. The van der Waals surface area contributed by atoms with Crippen LogP contribution >= 0.6 is 0 Å². The van der Waals surface area contributed by atoms with Crippen molar-refractivity contribution in [2.45, 2.75) is 20.5 Å². The first-order valence-electron chi connectivity index (χ1n) is 6.93. The fourth-order valence-electron chi connectivity index (χ4n) is 1.95. The van der Waals surface area contributed by atoms with E-state index in [4.69, 9.17) is 10.5 Å². The Morgan fingerprint density at radius 2 is 2.05 bits per heavy atom. The molecule has 6 nitrogen and oxygen atoms in total. The molecule has 2 amide bonds. The van der Waals surface area contributed by atoms with Crippen LogP contribution in [0.2, 0.25) is 0 Å². The van der Waals surface area contributed by atoms with Crippen molar-refractivity contribution in [1.29, 1.82) is 0 Å². The van der Waals surface area contributed by atoms with E-state index in [1.165, 1.54) is 0 Å². The molecule has 6 heteroatoms. The molecule has 0 bridgehead atoms. The highest BCUT2D eigenvalue weighted by Gasteiger charge is 2.06. The Bertz CT molecular complexity index is 686. The second kappa shape index (κ2) is 6.80. The first kappa shape index (κ1) is 15.6. The SMILES string of the molecule is CNC(=O)Nc1cc(COc2ccc(N)c(C)c2C)ccn1. The smallest absolute Gasteiger partial charge is 0.320 e. The molecule has 0 radical (unpaired) electrons. The van der Waals surface area contributed by atoms with Crippen molar-refractivity contribution >= 4 is 17.5 Å². The summed E-state index contributed by atoms with van der Waals surface area (Å²) in [6.45, 7) is 4.33. The Morgan fingerprint density at radius 1 is 1.27 bits per heavy atom. The lowest BCUT2D eigenvalue weighted by Gasteiger charge is -2.13. The van der Waals surface area contributed by atoms with E-state index in [2.05, 4.69) is 15.6 Å². The second-order valence-electron chi connectivity index (χ2n) is 4.95. The van der Waals surface area contributed by atoms with Gasteiger partial charge in [-0.1, -0.05) is 0 Å². The van der Waals surface area contributed by atoms with Gasteiger partial charge in [0.2, 0.25) is 0 Å². The first-order chi connectivity index (χ1) is 10.5. The van der Waals surface area contributed by atoms with Crippen LogP contribution in [0.5, 0.6) is 5.75 Å². The first-order valence-corrected chi connectivity index (χ1v) is 6.93. The standard InChI is InChI=1S/C16H20N4O2/c1-10-11(2)14(5-4-13(10)17)22-9-12-6-7-19-15(8-12)20-16(21)18-3/h4-8H,9,17H2,1-3H3,(H2,18,19,20,21). The minimum atomic E-state index is -0.310. The molecule has 1 aromatic carbocycles. The molecule has 2 aromatic rings. The van der Waals surface area contributed by atoms with Crippen LogP contribution in [0.25, 0.3) is 0 Å². The Kier molecular flexibility index (Phi) is 4.83. The van der Waals surface area contributed by atoms with E-state index < -0.39 is 0 Å². The number of anilines is 2. The van der Waals surface area contributed by atoms with Crippen LogP contribution in [-0.2, 0) is 6.61 Å². The molecular formula is C16H20N4O2. The quantitative estimate of drug-likeness (QED) is 0.757. The summed E-state index contributed by atoms with van der Waals surface area (Å²) >= 11 is 0. The van der Waals surface area contributed by atoms with Gasteiger partial charge in [-0.2, -0.15) is 0 Å². The van der Waals surface area contributed by atoms with Gasteiger partial charge >= 0.3 is 6.03 Å². The van der Waals surface area contributed by atoms with Crippen LogP contribution in [0.3, 0.4) is 0 Å². The van der Waals surface area contributed by atoms with Crippen LogP contribution in [0.4, 0.5) is 16.3 Å². The summed E-state index contributed by atoms with van der Waals surface area (Å²) in [6.07, 6.45) is 1.63. The molecule has 22 heavy (non-hydrogen) atoms. The molecule has 0 saturated carbocycles. The Labute approximate surface area is 129 Å². The van der Waals surface area contributed by atoms with Crippen LogP contribution in [-0.4, -0.2) is 18.1 Å². The summed E-state index contributed by atoms with van der Waals surface area (Å²) in [5, 5.41) is 5.10. The third kappa shape index (κ3) is 3.66. The molecular weight excluding hydrogens is 280 g/mol. The maximum Gasteiger partial charge on any atom is 0.320 e. The van der Waals surface area contributed by atoms with E-state index in [-0.39, 0.29) is 6.03 Å². The van der Waals surface area contributed by atoms with E-state index >= 15 is 0 Å². The monoisotopic (exact) mass is 300 g/mol. The molecule has 1 aromatic heterocycles. The van der Waals surface area contributed by atoms with Crippen LogP contribution < -0.4 is 21.1 Å². The zero-order valence-electron chi connectivity index (χ0n) is 12.9. The number of aromatic nitrogens is 1. The summed E-state index contributed by atoms with van der Waals surface area (Å²) in [5.41, 5.74) is 9.58. The largest absolute Gasteiger partial charge is 0.489 e. The van der Waals surface area contributed by atoms with Crippen molar-refractivity contribution in [3.8, 4) is 5.75 Å². The topological polar surface area (TPSA) is 89.3 Å². The number of hydrogen-bond acceptors (Lipinski definition) is 4. The van der Waals surface area contributed by atoms with Crippen molar-refractivity contribution < 1.29 is 9.53 Å². The lowest BCUT2D eigenvalue weighted by atomic mass is 10.1. The Balaban J connectivity index is 2.07. The van der Waals surface area contributed by atoms with Crippen molar-refractivity contribution in [2.75, 3.05) is 18.1 Å². The number of benzene rings is 1. The number of hydrogen-bond donors (Lipinski definition) is 3. The molecule has 2 rings (SSSR count). The number of nitrogen functional groups attached to an aromatic ring is 1. The van der Waals surface area contributed by atoms with E-state index in [9.17, 15) is 4.79 Å². The van der Waals surface area contributed by atoms with Crippen molar-refractivity contribution in [2.24, 2.45) is 0 Å². The highest BCUT2D eigenvalue weighted by molar-refractivity contribution is 5.87. The second-order valence-corrected chi connectivity index (χ2v) is 4.95. The van der Waals surface area contributed by atoms with E-state index in [1.807, 2.05) is 32.0 Å². The number of ether oxygens (including phenoxy) is 1. The predicted molar refractivity (Wildman–Crippen MR) is 87.0 cm³/mol. The van der Waals surface area contributed by atoms with E-state index in [1.54, 1.807) is 19.3 Å². The van der Waals surface area contributed by atoms with Gasteiger partial charge in [0.1, 0.15) is 18.2 Å². The fraction of sp³-hybridized carbons (Fsp3) is 0.250. The zero-order valence-corrected chi connectivity index (χ0v) is 12.9. The van der Waals surface area contributed by atoms with Crippen LogP contribution in [0.1, 0.15) is 16.7 Å². The van der Waals surface area contributed by atoms with Gasteiger partial charge in [0.05, 0.1) is 0 Å². The van der Waals surface area contributed by atoms with Crippen molar-refractivity contribution in [1.82, 2.24) is 10.3 Å². The number of urea groups is 1. The Hall–Kier alpha value is -2.76. The number of carbonyl (C=O) groups excluding carboxylic acids is 1. The average molecular weight is 300 g/mol. The zero-order chi connectivity index (χ0) is 16.1. The number of rotatable bonds is 4. The minimum absolute atomic E-state index is 0.310. The number of amides is 2. The lowest BCUT2D eigenvalue weighted by molar-refractivity contribution is 0.254. The van der Waals surface area contributed by atoms with E-state index in [0.717, 1.165) is 28.1 Å². The maximum atomic E-state index is 11.3. The summed E-state index contributed by atoms with van der Waals surface area (Å²) in [7, 11) is 1.55. The molecule has 0 spiro atoms. The summed E-state index contributed by atoms with van der Waals surface area (Å²) in [6, 6.07) is 7.00. The highest BCUT2D eigenvalue weighted by atomic mass is 16.5. The molecule has 0 aliphatic heterocycles. The minimum Gasteiger partial charge on any atom is -0.489 e. The van der Waals surface area contributed by atoms with Gasteiger partial charge in [-0.05, 0) is 54.8 Å². The fourth-order valence-corrected chi connectivity index (χ4v) is 1.95. The van der Waals surface area contributed by atoms with Crippen LogP contribution in [0.15, 0.2) is 30.5 Å². The molecule has 0 aliphatic carbocycles. The average Bonchev–Trinajstić information content (AvgIpc) is 2.52. The Morgan fingerprint density at radius 3 is 2.77 bits per heavy atom. The lowest BCUT2D eigenvalue weighted by Crippen LogP contribution is -2.25. The number of nitrogens with zero attached hydrogens (tertiary/aromatic N) is 1. The van der Waals surface area contributed by atoms with Crippen molar-refractivity contribution in [3.05, 3.63) is 47.2 Å². The molecule has 0 aliphatic rings. The van der Waals surface area contributed by atoms with Gasteiger partial charge in [0, 0.05) is 18.9 Å². The van der Waals surface area contributed by atoms with Gasteiger partial charge in [-0.15, -0.1) is 0 Å². The maximum absolute atomic E-state index is 11.3. The van der Waals surface area contributed by atoms with Gasteiger partial charge in [0.25, 0.3) is 0 Å². The number of nitrogens with two attached hydrogens (primary N) is 1. The predicted octanol–water partition coefficient (Wildman–Crippen LogP) is 2.61. The number of nitrogens with one attached hydrogen (secondary N) is 2.